The van der Waals surface area contributed by atoms with Gasteiger partial charge in [-0.05, 0) is 11.6 Å². The van der Waals surface area contributed by atoms with Crippen LogP contribution < -0.4 is 4.74 Å². The highest BCUT2D eigenvalue weighted by Gasteiger charge is 2.10. The zero-order valence-electron chi connectivity index (χ0n) is 10.2. The Hall–Kier alpha value is -2.62. The van der Waals surface area contributed by atoms with E-state index in [1.54, 1.807) is 18.5 Å². The summed E-state index contributed by atoms with van der Waals surface area (Å²) in [6.07, 6.45) is 4.10. The van der Waals surface area contributed by atoms with Crippen LogP contribution in [0.2, 0.25) is 0 Å². The number of benzene rings is 1. The molecule has 0 aliphatic rings. The topological polar surface area (TPSA) is 55.0 Å². The SMILES string of the molecule is O=Cc1c[nH]c2nccc(OCc3ccccc3)c12. The molecular formula is C15H12N2O2. The highest BCUT2D eigenvalue weighted by Crippen LogP contribution is 2.26. The van der Waals surface area contributed by atoms with E-state index in [2.05, 4.69) is 9.97 Å². The van der Waals surface area contributed by atoms with Crippen molar-refractivity contribution in [1.82, 2.24) is 9.97 Å². The van der Waals surface area contributed by atoms with Gasteiger partial charge in [-0.3, -0.25) is 4.79 Å². The van der Waals surface area contributed by atoms with Crippen molar-refractivity contribution in [3.63, 3.8) is 0 Å². The summed E-state index contributed by atoms with van der Waals surface area (Å²) in [5.41, 5.74) is 2.30. The molecule has 0 saturated carbocycles. The fourth-order valence-corrected chi connectivity index (χ4v) is 2.00. The highest BCUT2D eigenvalue weighted by molar-refractivity contribution is 5.99. The van der Waals surface area contributed by atoms with E-state index in [1.807, 2.05) is 30.3 Å². The predicted molar refractivity (Wildman–Crippen MR) is 72.3 cm³/mol. The number of aromatic nitrogens is 2. The number of nitrogens with one attached hydrogen (secondary N) is 1. The van der Waals surface area contributed by atoms with E-state index in [0.717, 1.165) is 17.2 Å². The zero-order valence-corrected chi connectivity index (χ0v) is 10.2. The van der Waals surface area contributed by atoms with Crippen molar-refractivity contribution in [1.29, 1.82) is 0 Å². The third-order valence-corrected chi connectivity index (χ3v) is 2.93. The van der Waals surface area contributed by atoms with Crippen molar-refractivity contribution in [3.8, 4) is 5.75 Å². The van der Waals surface area contributed by atoms with Crippen LogP contribution in [0, 0.1) is 0 Å². The number of hydrogen-bond donors (Lipinski definition) is 1. The lowest BCUT2D eigenvalue weighted by Gasteiger charge is -2.07. The summed E-state index contributed by atoms with van der Waals surface area (Å²) in [4.78, 5) is 18.1. The van der Waals surface area contributed by atoms with Gasteiger partial charge < -0.3 is 9.72 Å². The highest BCUT2D eigenvalue weighted by atomic mass is 16.5. The maximum absolute atomic E-state index is 11.0. The molecule has 3 aromatic rings. The smallest absolute Gasteiger partial charge is 0.152 e. The average Bonchev–Trinajstić information content (AvgIpc) is 2.90. The molecule has 0 amide bonds. The Labute approximate surface area is 110 Å². The quantitative estimate of drug-likeness (QED) is 0.726. The molecule has 19 heavy (non-hydrogen) atoms. The Balaban J connectivity index is 1.92. The molecule has 2 heterocycles. The molecule has 2 aromatic heterocycles. The van der Waals surface area contributed by atoms with Gasteiger partial charge in [0.1, 0.15) is 18.0 Å². The van der Waals surface area contributed by atoms with Crippen LogP contribution in [0.1, 0.15) is 15.9 Å². The molecule has 0 aliphatic heterocycles. The zero-order chi connectivity index (χ0) is 13.1. The lowest BCUT2D eigenvalue weighted by Crippen LogP contribution is -1.96. The van der Waals surface area contributed by atoms with Crippen LogP contribution >= 0.6 is 0 Å². The number of nitrogens with zero attached hydrogens (tertiary/aromatic N) is 1. The lowest BCUT2D eigenvalue weighted by atomic mass is 10.2. The lowest BCUT2D eigenvalue weighted by molar-refractivity contribution is 0.112. The van der Waals surface area contributed by atoms with Crippen molar-refractivity contribution >= 4 is 17.3 Å². The Morgan fingerprint density at radius 2 is 2.05 bits per heavy atom. The van der Waals surface area contributed by atoms with Gasteiger partial charge in [0, 0.05) is 18.0 Å². The Morgan fingerprint density at radius 3 is 2.84 bits per heavy atom. The Bertz CT molecular complexity index is 704. The van der Waals surface area contributed by atoms with Crippen molar-refractivity contribution in [3.05, 3.63) is 59.9 Å². The maximum atomic E-state index is 11.0. The van der Waals surface area contributed by atoms with E-state index >= 15 is 0 Å². The van der Waals surface area contributed by atoms with Gasteiger partial charge in [0.05, 0.1) is 5.39 Å². The third kappa shape index (κ3) is 2.20. The second-order valence-electron chi connectivity index (χ2n) is 4.17. The van der Waals surface area contributed by atoms with Crippen LogP contribution in [0.3, 0.4) is 0 Å². The fraction of sp³-hybridized carbons (Fsp3) is 0.0667. The standard InChI is InChI=1S/C15H12N2O2/c18-9-12-8-17-15-14(12)13(6-7-16-15)19-10-11-4-2-1-3-5-11/h1-9H,10H2,(H,16,17). The number of aldehydes is 1. The number of pyridine rings is 1. The molecule has 4 nitrogen and oxygen atoms in total. The van der Waals surface area contributed by atoms with E-state index in [-0.39, 0.29) is 0 Å². The largest absolute Gasteiger partial charge is 0.488 e. The number of aromatic amines is 1. The minimum Gasteiger partial charge on any atom is -0.488 e. The van der Waals surface area contributed by atoms with E-state index in [1.165, 1.54) is 0 Å². The van der Waals surface area contributed by atoms with Gasteiger partial charge in [-0.25, -0.2) is 4.98 Å². The third-order valence-electron chi connectivity index (χ3n) is 2.93. The van der Waals surface area contributed by atoms with E-state index < -0.39 is 0 Å². The van der Waals surface area contributed by atoms with Gasteiger partial charge in [0.25, 0.3) is 0 Å². The maximum Gasteiger partial charge on any atom is 0.152 e. The summed E-state index contributed by atoms with van der Waals surface area (Å²) in [6, 6.07) is 11.7. The molecule has 0 bridgehead atoms. The van der Waals surface area contributed by atoms with E-state index in [4.69, 9.17) is 4.74 Å². The summed E-state index contributed by atoms with van der Waals surface area (Å²) in [7, 11) is 0. The molecule has 0 atom stereocenters. The molecule has 1 N–H and O–H groups in total. The first-order valence-corrected chi connectivity index (χ1v) is 5.96. The number of carbonyl (C=O) groups is 1. The van der Waals surface area contributed by atoms with Crippen LogP contribution in [0.4, 0.5) is 0 Å². The van der Waals surface area contributed by atoms with Gasteiger partial charge in [0.15, 0.2) is 6.29 Å². The van der Waals surface area contributed by atoms with Crippen LogP contribution in [0.15, 0.2) is 48.8 Å². The Morgan fingerprint density at radius 1 is 1.21 bits per heavy atom. The summed E-state index contributed by atoms with van der Waals surface area (Å²) >= 11 is 0. The molecule has 0 saturated heterocycles. The molecule has 0 radical (unpaired) electrons. The first-order valence-electron chi connectivity index (χ1n) is 5.96. The van der Waals surface area contributed by atoms with Crippen LogP contribution in [0.5, 0.6) is 5.75 Å². The second-order valence-corrected chi connectivity index (χ2v) is 4.17. The minimum absolute atomic E-state index is 0.462. The van der Waals surface area contributed by atoms with Gasteiger partial charge in [-0.2, -0.15) is 0 Å². The van der Waals surface area contributed by atoms with Crippen molar-refractivity contribution in [2.75, 3.05) is 0 Å². The molecule has 0 fully saturated rings. The van der Waals surface area contributed by atoms with Crippen molar-refractivity contribution < 1.29 is 9.53 Å². The molecule has 1 aromatic carbocycles. The summed E-state index contributed by atoms with van der Waals surface area (Å²) in [5.74, 6) is 0.664. The second kappa shape index (κ2) is 4.94. The summed E-state index contributed by atoms with van der Waals surface area (Å²) in [6.45, 7) is 0.462. The number of rotatable bonds is 4. The van der Waals surface area contributed by atoms with Crippen molar-refractivity contribution in [2.24, 2.45) is 0 Å². The van der Waals surface area contributed by atoms with Crippen LogP contribution in [-0.4, -0.2) is 16.3 Å². The molecular weight excluding hydrogens is 240 g/mol. The number of ether oxygens (including phenoxy) is 1. The molecule has 4 heteroatoms. The van der Waals surface area contributed by atoms with Crippen LogP contribution in [0.25, 0.3) is 11.0 Å². The van der Waals surface area contributed by atoms with E-state index in [0.29, 0.717) is 23.6 Å². The molecule has 0 spiro atoms. The molecule has 3 rings (SSSR count). The first kappa shape index (κ1) is 11.5. The predicted octanol–water partition coefficient (Wildman–Crippen LogP) is 2.95. The summed E-state index contributed by atoms with van der Waals surface area (Å²) < 4.78 is 5.79. The van der Waals surface area contributed by atoms with Gasteiger partial charge in [-0.1, -0.05) is 30.3 Å². The van der Waals surface area contributed by atoms with Gasteiger partial charge in [-0.15, -0.1) is 0 Å². The number of carbonyl (C=O) groups excluding carboxylic acids is 1. The number of H-pyrrole nitrogens is 1. The van der Waals surface area contributed by atoms with Crippen LogP contribution in [-0.2, 0) is 6.61 Å². The molecule has 0 unspecified atom stereocenters. The first-order chi connectivity index (χ1) is 9.38. The number of hydrogen-bond acceptors (Lipinski definition) is 3. The molecule has 94 valence electrons. The van der Waals surface area contributed by atoms with E-state index in [9.17, 15) is 4.79 Å². The average molecular weight is 252 g/mol. The van der Waals surface area contributed by atoms with Gasteiger partial charge in [0.2, 0.25) is 0 Å². The Kier molecular flexibility index (Phi) is 2.98. The normalized spacial score (nSPS) is 10.5. The molecule has 0 aliphatic carbocycles. The van der Waals surface area contributed by atoms with Crippen molar-refractivity contribution in [2.45, 2.75) is 6.61 Å². The monoisotopic (exact) mass is 252 g/mol. The number of fused-ring (bicyclic) bond motifs is 1. The fourth-order valence-electron chi connectivity index (χ4n) is 2.00. The minimum atomic E-state index is 0.462. The summed E-state index contributed by atoms with van der Waals surface area (Å²) in [5, 5.41) is 0.730. The van der Waals surface area contributed by atoms with Gasteiger partial charge >= 0.3 is 0 Å².